The number of hydrogen-bond acceptors (Lipinski definition) is 4. The van der Waals surface area contributed by atoms with Gasteiger partial charge in [-0.1, -0.05) is 45.0 Å². The lowest BCUT2D eigenvalue weighted by atomic mass is 9.99. The molecule has 1 heterocycles. The zero-order valence-corrected chi connectivity index (χ0v) is 18.3. The SMILES string of the molecule is CCOC(=O)CC(C)CCc1ccc(C(=O)CCc2ccc(C(C)C)cc2)s1. The number of carbonyl (C=O) groups is 2. The van der Waals surface area contributed by atoms with E-state index in [1.54, 1.807) is 11.3 Å². The highest BCUT2D eigenvalue weighted by atomic mass is 32.1. The summed E-state index contributed by atoms with van der Waals surface area (Å²) in [6.45, 7) is 8.70. The van der Waals surface area contributed by atoms with Crippen LogP contribution in [0.4, 0.5) is 0 Å². The van der Waals surface area contributed by atoms with E-state index in [1.165, 1.54) is 16.0 Å². The summed E-state index contributed by atoms with van der Waals surface area (Å²) in [5, 5.41) is 0. The standard InChI is InChI=1S/C24H32O3S/c1-5-27-24(26)16-18(4)6-12-21-13-15-23(28-21)22(25)14-9-19-7-10-20(11-8-19)17(2)3/h7-8,10-11,13,15,17-18H,5-6,9,12,14,16H2,1-4H3. The van der Waals surface area contributed by atoms with E-state index in [1.807, 2.05) is 19.1 Å². The summed E-state index contributed by atoms with van der Waals surface area (Å²) >= 11 is 1.59. The quantitative estimate of drug-likeness (QED) is 0.333. The number of thiophene rings is 1. The minimum atomic E-state index is -0.126. The third-order valence-corrected chi connectivity index (χ3v) is 6.11. The molecule has 0 aliphatic rings. The van der Waals surface area contributed by atoms with Crippen LogP contribution in [0.5, 0.6) is 0 Å². The molecule has 0 amide bonds. The van der Waals surface area contributed by atoms with E-state index in [-0.39, 0.29) is 17.7 Å². The van der Waals surface area contributed by atoms with Crippen molar-refractivity contribution in [3.63, 3.8) is 0 Å². The van der Waals surface area contributed by atoms with E-state index in [9.17, 15) is 9.59 Å². The predicted molar refractivity (Wildman–Crippen MR) is 116 cm³/mol. The van der Waals surface area contributed by atoms with Gasteiger partial charge in [0.1, 0.15) is 0 Å². The van der Waals surface area contributed by atoms with Crippen molar-refractivity contribution in [3.8, 4) is 0 Å². The topological polar surface area (TPSA) is 43.4 Å². The number of hydrogen-bond donors (Lipinski definition) is 0. The summed E-state index contributed by atoms with van der Waals surface area (Å²) in [5.41, 5.74) is 2.54. The molecule has 28 heavy (non-hydrogen) atoms. The number of benzene rings is 1. The van der Waals surface area contributed by atoms with Crippen LogP contribution in [0.2, 0.25) is 0 Å². The maximum atomic E-state index is 12.5. The van der Waals surface area contributed by atoms with Crippen molar-refractivity contribution in [3.05, 3.63) is 57.3 Å². The van der Waals surface area contributed by atoms with Crippen LogP contribution in [0.3, 0.4) is 0 Å². The minimum Gasteiger partial charge on any atom is -0.466 e. The second-order valence-corrected chi connectivity index (χ2v) is 8.91. The minimum absolute atomic E-state index is 0.126. The third kappa shape index (κ3) is 7.23. The summed E-state index contributed by atoms with van der Waals surface area (Å²) in [4.78, 5) is 26.1. The fourth-order valence-corrected chi connectivity index (χ4v) is 4.10. The van der Waals surface area contributed by atoms with Gasteiger partial charge in [0.15, 0.2) is 5.78 Å². The van der Waals surface area contributed by atoms with Gasteiger partial charge in [-0.3, -0.25) is 9.59 Å². The van der Waals surface area contributed by atoms with Crippen molar-refractivity contribution in [2.45, 2.75) is 65.7 Å². The average Bonchev–Trinajstić information content (AvgIpc) is 3.14. The Morgan fingerprint density at radius 2 is 1.71 bits per heavy atom. The van der Waals surface area contributed by atoms with Gasteiger partial charge in [0.25, 0.3) is 0 Å². The molecule has 2 aromatic rings. The second kappa shape index (κ2) is 11.2. The molecule has 0 saturated heterocycles. The molecular formula is C24H32O3S. The highest BCUT2D eigenvalue weighted by Crippen LogP contribution is 2.23. The monoisotopic (exact) mass is 400 g/mol. The molecule has 0 radical (unpaired) electrons. The predicted octanol–water partition coefficient (Wildman–Crippen LogP) is 6.21. The Morgan fingerprint density at radius 3 is 2.36 bits per heavy atom. The van der Waals surface area contributed by atoms with Gasteiger partial charge in [0, 0.05) is 17.7 Å². The molecule has 0 N–H and O–H groups in total. The Labute approximate surface area is 173 Å². The van der Waals surface area contributed by atoms with Gasteiger partial charge in [-0.25, -0.2) is 0 Å². The molecule has 152 valence electrons. The molecule has 0 aliphatic carbocycles. The molecule has 1 unspecified atom stereocenters. The summed E-state index contributed by atoms with van der Waals surface area (Å²) in [7, 11) is 0. The smallest absolute Gasteiger partial charge is 0.306 e. The van der Waals surface area contributed by atoms with E-state index in [0.29, 0.717) is 25.4 Å². The first-order valence-electron chi connectivity index (χ1n) is 10.2. The van der Waals surface area contributed by atoms with Crippen molar-refractivity contribution in [1.82, 2.24) is 0 Å². The van der Waals surface area contributed by atoms with Gasteiger partial charge in [-0.2, -0.15) is 0 Å². The van der Waals surface area contributed by atoms with E-state index in [2.05, 4.69) is 45.0 Å². The zero-order valence-electron chi connectivity index (χ0n) is 17.5. The molecule has 0 aliphatic heterocycles. The zero-order chi connectivity index (χ0) is 20.5. The molecule has 1 atom stereocenters. The summed E-state index contributed by atoms with van der Waals surface area (Å²) in [6, 6.07) is 12.6. The molecule has 0 saturated carbocycles. The lowest BCUT2D eigenvalue weighted by Gasteiger charge is -2.09. The van der Waals surface area contributed by atoms with Crippen molar-refractivity contribution in [2.75, 3.05) is 6.61 Å². The Kier molecular flexibility index (Phi) is 8.91. The normalized spacial score (nSPS) is 12.2. The Bertz CT molecular complexity index is 758. The first-order valence-corrected chi connectivity index (χ1v) is 11.1. The van der Waals surface area contributed by atoms with Crippen LogP contribution < -0.4 is 0 Å². The fraction of sp³-hybridized carbons (Fsp3) is 0.500. The molecule has 1 aromatic carbocycles. The van der Waals surface area contributed by atoms with E-state index in [4.69, 9.17) is 4.74 Å². The van der Waals surface area contributed by atoms with Crippen LogP contribution in [0.25, 0.3) is 0 Å². The lowest BCUT2D eigenvalue weighted by Crippen LogP contribution is -2.09. The van der Waals surface area contributed by atoms with Crippen molar-refractivity contribution in [1.29, 1.82) is 0 Å². The van der Waals surface area contributed by atoms with Crippen LogP contribution in [-0.4, -0.2) is 18.4 Å². The van der Waals surface area contributed by atoms with E-state index in [0.717, 1.165) is 24.1 Å². The number of ketones is 1. The highest BCUT2D eigenvalue weighted by molar-refractivity contribution is 7.14. The number of esters is 1. The maximum absolute atomic E-state index is 12.5. The van der Waals surface area contributed by atoms with Crippen LogP contribution in [0.1, 0.15) is 78.6 Å². The van der Waals surface area contributed by atoms with Crippen LogP contribution in [0.15, 0.2) is 36.4 Å². The summed E-state index contributed by atoms with van der Waals surface area (Å²) in [6.07, 6.45) is 3.60. The first-order chi connectivity index (χ1) is 13.4. The Morgan fingerprint density at radius 1 is 1.00 bits per heavy atom. The average molecular weight is 401 g/mol. The van der Waals surface area contributed by atoms with Crippen LogP contribution in [-0.2, 0) is 22.4 Å². The fourth-order valence-electron chi connectivity index (χ4n) is 3.11. The van der Waals surface area contributed by atoms with Crippen molar-refractivity contribution in [2.24, 2.45) is 5.92 Å². The number of ether oxygens (including phenoxy) is 1. The lowest BCUT2D eigenvalue weighted by molar-refractivity contribution is -0.144. The summed E-state index contributed by atoms with van der Waals surface area (Å²) in [5.74, 6) is 0.900. The number of carbonyl (C=O) groups excluding carboxylic acids is 2. The molecule has 0 fully saturated rings. The highest BCUT2D eigenvalue weighted by Gasteiger charge is 2.13. The van der Waals surface area contributed by atoms with Crippen molar-refractivity contribution >= 4 is 23.1 Å². The number of rotatable bonds is 11. The van der Waals surface area contributed by atoms with E-state index >= 15 is 0 Å². The molecule has 1 aromatic heterocycles. The molecule has 4 heteroatoms. The number of aryl methyl sites for hydroxylation is 2. The molecule has 2 rings (SSSR count). The van der Waals surface area contributed by atoms with Gasteiger partial charge in [0.05, 0.1) is 11.5 Å². The van der Waals surface area contributed by atoms with Gasteiger partial charge >= 0.3 is 5.97 Å². The van der Waals surface area contributed by atoms with Gasteiger partial charge in [-0.05, 0) is 61.3 Å². The molecule has 3 nitrogen and oxygen atoms in total. The largest absolute Gasteiger partial charge is 0.466 e. The molecule has 0 bridgehead atoms. The van der Waals surface area contributed by atoms with Crippen molar-refractivity contribution < 1.29 is 14.3 Å². The van der Waals surface area contributed by atoms with Gasteiger partial charge in [0.2, 0.25) is 0 Å². The molecular weight excluding hydrogens is 368 g/mol. The Hall–Kier alpha value is -1.94. The molecule has 0 spiro atoms. The maximum Gasteiger partial charge on any atom is 0.306 e. The third-order valence-electron chi connectivity index (χ3n) is 4.93. The van der Waals surface area contributed by atoms with E-state index < -0.39 is 0 Å². The second-order valence-electron chi connectivity index (χ2n) is 7.74. The van der Waals surface area contributed by atoms with Gasteiger partial charge < -0.3 is 4.74 Å². The Balaban J connectivity index is 1.79. The number of Topliss-reactive ketones (excluding diaryl/α,β-unsaturated/α-hetero) is 1. The first kappa shape index (κ1) is 22.4. The van der Waals surface area contributed by atoms with Crippen LogP contribution in [0, 0.1) is 5.92 Å². The van der Waals surface area contributed by atoms with Gasteiger partial charge in [-0.15, -0.1) is 11.3 Å². The van der Waals surface area contributed by atoms with Crippen LogP contribution >= 0.6 is 11.3 Å². The summed E-state index contributed by atoms with van der Waals surface area (Å²) < 4.78 is 5.00.